The Morgan fingerprint density at radius 2 is 1.71 bits per heavy atom. The molecule has 0 atom stereocenters. The molecule has 1 fully saturated rings. The lowest BCUT2D eigenvalue weighted by atomic mass is 10.1. The van der Waals surface area contributed by atoms with Crippen LogP contribution in [0.3, 0.4) is 0 Å². The fraction of sp³-hybridized carbons (Fsp3) is 0.654. The average molecular weight is 487 g/mol. The smallest absolute Gasteiger partial charge is 0.193 e. The van der Waals surface area contributed by atoms with Crippen molar-refractivity contribution in [3.05, 3.63) is 35.6 Å². The summed E-state index contributed by atoms with van der Waals surface area (Å²) in [6.45, 7) is 10.8. The van der Waals surface area contributed by atoms with E-state index in [4.69, 9.17) is 21.3 Å². The molecule has 0 bridgehead atoms. The van der Waals surface area contributed by atoms with E-state index >= 15 is 0 Å². The van der Waals surface area contributed by atoms with E-state index in [9.17, 15) is 0 Å². The molecule has 0 aromatic rings. The lowest BCUT2D eigenvalue weighted by Crippen LogP contribution is -2.34. The van der Waals surface area contributed by atoms with Crippen LogP contribution in [0.4, 0.5) is 0 Å². The van der Waals surface area contributed by atoms with E-state index in [1.54, 1.807) is 0 Å². The highest BCUT2D eigenvalue weighted by molar-refractivity contribution is 6.00. The molecule has 2 rings (SSSR count). The van der Waals surface area contributed by atoms with Gasteiger partial charge in [-0.1, -0.05) is 25.3 Å². The van der Waals surface area contributed by atoms with Gasteiger partial charge in [-0.25, -0.2) is 0 Å². The van der Waals surface area contributed by atoms with Crippen molar-refractivity contribution in [3.63, 3.8) is 0 Å². The second-order valence-corrected chi connectivity index (χ2v) is 8.80. The zero-order valence-electron chi connectivity index (χ0n) is 21.7. The van der Waals surface area contributed by atoms with Crippen molar-refractivity contribution in [2.75, 3.05) is 52.4 Å². The Kier molecular flexibility index (Phi) is 13.4. The summed E-state index contributed by atoms with van der Waals surface area (Å²) < 4.78 is 6.01. The molecule has 2 aliphatic rings. The number of ether oxygens (including phenoxy) is 1. The van der Waals surface area contributed by atoms with Crippen LogP contribution in [0.25, 0.3) is 0 Å². The van der Waals surface area contributed by atoms with Crippen LogP contribution in [-0.4, -0.2) is 80.0 Å². The van der Waals surface area contributed by atoms with E-state index in [1.165, 1.54) is 12.8 Å². The van der Waals surface area contributed by atoms with Gasteiger partial charge in [0.25, 0.3) is 0 Å². The predicted molar refractivity (Wildman–Crippen MR) is 146 cm³/mol. The largest absolute Gasteiger partial charge is 0.494 e. The van der Waals surface area contributed by atoms with Gasteiger partial charge in [-0.15, -0.1) is 0 Å². The minimum absolute atomic E-state index is 0.0508. The summed E-state index contributed by atoms with van der Waals surface area (Å²) in [6.07, 6.45) is 15.8. The van der Waals surface area contributed by atoms with E-state index in [0.717, 1.165) is 95.1 Å². The molecule has 0 aromatic carbocycles. The summed E-state index contributed by atoms with van der Waals surface area (Å²) in [6, 6.07) is 0. The molecule has 9 nitrogen and oxygen atoms in total. The molecular weight excluding hydrogens is 440 g/mol. The third-order valence-electron chi connectivity index (χ3n) is 6.02. The number of nitrogens with two attached hydrogens (primary N) is 1. The number of amidine groups is 1. The van der Waals surface area contributed by atoms with Crippen LogP contribution in [0, 0.1) is 10.8 Å². The second kappa shape index (κ2) is 16.6. The number of guanidine groups is 2. The Labute approximate surface area is 211 Å². The molecule has 196 valence electrons. The minimum Gasteiger partial charge on any atom is -0.494 e. The Balaban J connectivity index is 1.59. The van der Waals surface area contributed by atoms with Gasteiger partial charge >= 0.3 is 0 Å². The molecule has 0 saturated carbocycles. The lowest BCUT2D eigenvalue weighted by molar-refractivity contribution is 0.210. The van der Waals surface area contributed by atoms with Crippen LogP contribution in [0.2, 0.25) is 0 Å². The van der Waals surface area contributed by atoms with Gasteiger partial charge in [0.05, 0.1) is 6.61 Å². The molecule has 0 aromatic heterocycles. The van der Waals surface area contributed by atoms with E-state index in [0.29, 0.717) is 12.6 Å². The van der Waals surface area contributed by atoms with E-state index in [-0.39, 0.29) is 5.96 Å². The number of rotatable bonds is 16. The first-order chi connectivity index (χ1) is 17.0. The monoisotopic (exact) mass is 486 g/mol. The number of nitrogens with zero attached hydrogens (tertiary/aromatic N) is 3. The topological polar surface area (TPSA) is 126 Å². The maximum atomic E-state index is 8.49. The molecule has 6 N–H and O–H groups in total. The maximum Gasteiger partial charge on any atom is 0.193 e. The first kappa shape index (κ1) is 28.3. The number of hydrogen-bond acceptors (Lipinski definition) is 4. The molecule has 0 spiro atoms. The normalized spacial score (nSPS) is 16.2. The first-order valence-corrected chi connectivity index (χ1v) is 13.2. The van der Waals surface area contributed by atoms with Crippen LogP contribution in [0.1, 0.15) is 58.8 Å². The molecule has 1 aliphatic carbocycles. The summed E-state index contributed by atoms with van der Waals surface area (Å²) in [7, 11) is 0. The van der Waals surface area contributed by atoms with Gasteiger partial charge in [-0.05, 0) is 57.8 Å². The molecule has 35 heavy (non-hydrogen) atoms. The van der Waals surface area contributed by atoms with E-state index in [1.807, 2.05) is 13.0 Å². The fourth-order valence-electron chi connectivity index (χ4n) is 4.18. The first-order valence-electron chi connectivity index (χ1n) is 13.2. The summed E-state index contributed by atoms with van der Waals surface area (Å²) in [5.41, 5.74) is 6.39. The Hall–Kier alpha value is -2.97. The number of aliphatic imine (C=N–C) groups is 1. The summed E-state index contributed by atoms with van der Waals surface area (Å²) in [5, 5.41) is 21.8. The van der Waals surface area contributed by atoms with Crippen molar-refractivity contribution >= 4 is 17.8 Å². The Bertz CT molecular complexity index is 786. The average Bonchev–Trinajstić information content (AvgIpc) is 3.03. The van der Waals surface area contributed by atoms with Gasteiger partial charge in [0.1, 0.15) is 11.6 Å². The van der Waals surface area contributed by atoms with Crippen LogP contribution in [-0.2, 0) is 4.74 Å². The molecule has 1 heterocycles. The standard InChI is InChI=1S/C26H46N8O/c1-3-30-24(31-4-2)22-12-10-13-23(15-14-22)35-21-11-18-34-20-19-33(26(34)29)17-9-7-5-6-8-16-32-25(27)28/h12-15,29H,3-11,16-21H2,1-2H3,(H,30,31)(H4,27,28,32). The van der Waals surface area contributed by atoms with Crippen LogP contribution in [0.5, 0.6) is 0 Å². The van der Waals surface area contributed by atoms with Gasteiger partial charge in [-0.2, -0.15) is 0 Å². The van der Waals surface area contributed by atoms with Crippen molar-refractivity contribution in [2.45, 2.75) is 58.8 Å². The van der Waals surface area contributed by atoms with Crippen molar-refractivity contribution in [3.8, 4) is 0 Å². The predicted octanol–water partition coefficient (Wildman–Crippen LogP) is 3.18. The number of hydrogen-bond donors (Lipinski definition) is 5. The van der Waals surface area contributed by atoms with Gasteiger partial charge < -0.3 is 30.9 Å². The van der Waals surface area contributed by atoms with Gasteiger partial charge in [0.2, 0.25) is 0 Å². The zero-order valence-corrected chi connectivity index (χ0v) is 21.7. The minimum atomic E-state index is 0.0508. The SMILES string of the molecule is CCN=C(NCC)C1=CCC=C(OCCCN2CCN(CCCCCCCNC(=N)N)C2=N)C=C1. The number of allylic oxidation sites excluding steroid dienone is 3. The van der Waals surface area contributed by atoms with Crippen LogP contribution < -0.4 is 16.4 Å². The van der Waals surface area contributed by atoms with Crippen molar-refractivity contribution in [2.24, 2.45) is 10.7 Å². The quantitative estimate of drug-likeness (QED) is 0.130. The fourth-order valence-corrected chi connectivity index (χ4v) is 4.18. The third kappa shape index (κ3) is 10.9. The van der Waals surface area contributed by atoms with E-state index in [2.05, 4.69) is 50.6 Å². The third-order valence-corrected chi connectivity index (χ3v) is 6.02. The van der Waals surface area contributed by atoms with E-state index < -0.39 is 0 Å². The molecule has 1 saturated heterocycles. The zero-order chi connectivity index (χ0) is 25.3. The molecule has 1 aliphatic heterocycles. The molecular formula is C26H46N8O. The summed E-state index contributed by atoms with van der Waals surface area (Å²) in [4.78, 5) is 8.92. The van der Waals surface area contributed by atoms with Crippen molar-refractivity contribution in [1.29, 1.82) is 10.8 Å². The highest BCUT2D eigenvalue weighted by Crippen LogP contribution is 2.14. The number of likely N-dealkylation sites (N-methyl/N-ethyl adjacent to an activating group) is 1. The summed E-state index contributed by atoms with van der Waals surface area (Å²) in [5.74, 6) is 2.55. The van der Waals surface area contributed by atoms with Crippen molar-refractivity contribution in [1.82, 2.24) is 20.4 Å². The summed E-state index contributed by atoms with van der Waals surface area (Å²) >= 11 is 0. The molecule has 0 amide bonds. The van der Waals surface area contributed by atoms with Crippen molar-refractivity contribution < 1.29 is 4.74 Å². The molecule has 0 radical (unpaired) electrons. The highest BCUT2D eigenvalue weighted by Gasteiger charge is 2.23. The molecule has 0 unspecified atom stereocenters. The number of nitrogens with one attached hydrogen (secondary N) is 4. The Morgan fingerprint density at radius 1 is 1.00 bits per heavy atom. The second-order valence-electron chi connectivity index (χ2n) is 8.80. The lowest BCUT2D eigenvalue weighted by Gasteiger charge is -2.21. The number of unbranched alkanes of at least 4 members (excludes halogenated alkanes) is 4. The highest BCUT2D eigenvalue weighted by atomic mass is 16.5. The van der Waals surface area contributed by atoms with Crippen LogP contribution in [0.15, 0.2) is 40.6 Å². The van der Waals surface area contributed by atoms with Gasteiger partial charge in [-0.3, -0.25) is 15.8 Å². The van der Waals surface area contributed by atoms with Gasteiger partial charge in [0, 0.05) is 51.4 Å². The maximum absolute atomic E-state index is 8.49. The Morgan fingerprint density at radius 3 is 2.43 bits per heavy atom. The molecule has 9 heteroatoms. The van der Waals surface area contributed by atoms with Crippen LogP contribution >= 0.6 is 0 Å². The van der Waals surface area contributed by atoms with Gasteiger partial charge in [0.15, 0.2) is 11.9 Å².